The molecule has 3 atom stereocenters. The number of hydrogen-bond donors (Lipinski definition) is 1. The third-order valence-electron chi connectivity index (χ3n) is 3.48. The first-order valence-corrected chi connectivity index (χ1v) is 9.35. The van der Waals surface area contributed by atoms with Gasteiger partial charge in [0.1, 0.15) is 5.82 Å². The van der Waals surface area contributed by atoms with Crippen LogP contribution in [0.3, 0.4) is 0 Å². The van der Waals surface area contributed by atoms with Gasteiger partial charge in [0, 0.05) is 40.9 Å². The van der Waals surface area contributed by atoms with E-state index in [4.69, 9.17) is 0 Å². The highest BCUT2D eigenvalue weighted by molar-refractivity contribution is 8.07. The van der Waals surface area contributed by atoms with Gasteiger partial charge in [0.25, 0.3) is 0 Å². The second-order valence-electron chi connectivity index (χ2n) is 4.93. The van der Waals surface area contributed by atoms with Crippen LogP contribution in [0.2, 0.25) is 0 Å². The lowest BCUT2D eigenvalue weighted by molar-refractivity contribution is 0.472. The summed E-state index contributed by atoms with van der Waals surface area (Å²) < 4.78 is 2.32. The van der Waals surface area contributed by atoms with Crippen LogP contribution in [-0.2, 0) is 6.54 Å². The molecule has 5 heteroatoms. The Balaban J connectivity index is 2.20. The van der Waals surface area contributed by atoms with Crippen LogP contribution in [0.4, 0.5) is 0 Å². The number of aryl methyl sites for hydroxylation is 1. The van der Waals surface area contributed by atoms with E-state index in [1.807, 2.05) is 6.20 Å². The molecule has 108 valence electrons. The summed E-state index contributed by atoms with van der Waals surface area (Å²) in [6, 6.07) is 0.374. The molecule has 2 heterocycles. The van der Waals surface area contributed by atoms with E-state index in [0.29, 0.717) is 16.5 Å². The second kappa shape index (κ2) is 7.60. The van der Waals surface area contributed by atoms with E-state index in [0.717, 1.165) is 19.5 Å². The largest absolute Gasteiger partial charge is 0.334 e. The van der Waals surface area contributed by atoms with Crippen LogP contribution in [-0.4, -0.2) is 38.1 Å². The molecule has 1 N–H and O–H groups in total. The normalized spacial score (nSPS) is 25.4. The molecular weight excluding hydrogens is 274 g/mol. The highest BCUT2D eigenvalue weighted by Gasteiger charge is 2.33. The van der Waals surface area contributed by atoms with Crippen molar-refractivity contribution < 1.29 is 0 Å². The van der Waals surface area contributed by atoms with Crippen molar-refractivity contribution in [2.24, 2.45) is 0 Å². The summed E-state index contributed by atoms with van der Waals surface area (Å²) in [5, 5.41) is 4.98. The number of hydrogen-bond acceptors (Lipinski definition) is 4. The van der Waals surface area contributed by atoms with Gasteiger partial charge in [0.2, 0.25) is 0 Å². The number of imidazole rings is 1. The van der Waals surface area contributed by atoms with Crippen molar-refractivity contribution in [3.63, 3.8) is 0 Å². The standard InChI is InChI=1S/C14H25N3S2/c1-4-7-17-8-6-16-14(17)12(15-5-2)13-11(3)18-9-10-19-13/h6,8,11-13,15H,4-5,7,9-10H2,1-3H3. The van der Waals surface area contributed by atoms with Gasteiger partial charge >= 0.3 is 0 Å². The molecule has 0 bridgehead atoms. The van der Waals surface area contributed by atoms with E-state index in [1.54, 1.807) is 0 Å². The summed E-state index contributed by atoms with van der Waals surface area (Å²) in [4.78, 5) is 4.64. The maximum atomic E-state index is 4.64. The molecule has 0 aliphatic carbocycles. The van der Waals surface area contributed by atoms with Crippen molar-refractivity contribution in [2.45, 2.75) is 50.3 Å². The van der Waals surface area contributed by atoms with E-state index < -0.39 is 0 Å². The van der Waals surface area contributed by atoms with Crippen LogP contribution in [0.1, 0.15) is 39.1 Å². The zero-order valence-electron chi connectivity index (χ0n) is 12.1. The summed E-state index contributed by atoms with van der Waals surface area (Å²) in [7, 11) is 0. The fraction of sp³-hybridized carbons (Fsp3) is 0.786. The first kappa shape index (κ1) is 15.3. The zero-order chi connectivity index (χ0) is 13.7. The molecule has 1 fully saturated rings. The maximum Gasteiger partial charge on any atom is 0.127 e. The Kier molecular flexibility index (Phi) is 6.10. The molecule has 1 aromatic rings. The summed E-state index contributed by atoms with van der Waals surface area (Å²) >= 11 is 4.21. The van der Waals surface area contributed by atoms with Gasteiger partial charge in [-0.15, -0.1) is 0 Å². The Morgan fingerprint density at radius 1 is 1.42 bits per heavy atom. The third kappa shape index (κ3) is 3.70. The van der Waals surface area contributed by atoms with Crippen LogP contribution in [0.25, 0.3) is 0 Å². The molecule has 0 spiro atoms. The first-order chi connectivity index (χ1) is 9.27. The Morgan fingerprint density at radius 2 is 2.21 bits per heavy atom. The summed E-state index contributed by atoms with van der Waals surface area (Å²) in [5.74, 6) is 3.76. The van der Waals surface area contributed by atoms with Gasteiger partial charge in [0.05, 0.1) is 6.04 Å². The van der Waals surface area contributed by atoms with Crippen molar-refractivity contribution >= 4 is 23.5 Å². The van der Waals surface area contributed by atoms with Gasteiger partial charge in [-0.2, -0.15) is 23.5 Å². The number of nitrogens with zero attached hydrogens (tertiary/aromatic N) is 2. The maximum absolute atomic E-state index is 4.64. The van der Waals surface area contributed by atoms with Crippen LogP contribution in [0, 0.1) is 0 Å². The number of thioether (sulfide) groups is 2. The van der Waals surface area contributed by atoms with E-state index in [9.17, 15) is 0 Å². The van der Waals surface area contributed by atoms with Gasteiger partial charge in [-0.1, -0.05) is 20.8 Å². The molecular formula is C14H25N3S2. The summed E-state index contributed by atoms with van der Waals surface area (Å²) in [6.07, 6.45) is 5.22. The van der Waals surface area contributed by atoms with E-state index in [2.05, 4.69) is 65.4 Å². The zero-order valence-corrected chi connectivity index (χ0v) is 13.8. The molecule has 1 aliphatic rings. The molecule has 3 nitrogen and oxygen atoms in total. The third-order valence-corrected chi connectivity index (χ3v) is 6.67. The smallest absolute Gasteiger partial charge is 0.127 e. The van der Waals surface area contributed by atoms with Crippen molar-refractivity contribution in [3.8, 4) is 0 Å². The molecule has 19 heavy (non-hydrogen) atoms. The molecule has 2 rings (SSSR count). The van der Waals surface area contributed by atoms with E-state index >= 15 is 0 Å². The van der Waals surface area contributed by atoms with Gasteiger partial charge in [-0.3, -0.25) is 0 Å². The lowest BCUT2D eigenvalue weighted by atomic mass is 10.1. The van der Waals surface area contributed by atoms with Crippen molar-refractivity contribution in [1.82, 2.24) is 14.9 Å². The topological polar surface area (TPSA) is 29.9 Å². The fourth-order valence-corrected chi connectivity index (χ4v) is 5.53. The molecule has 1 aliphatic heterocycles. The summed E-state index contributed by atoms with van der Waals surface area (Å²) in [6.45, 7) is 8.83. The van der Waals surface area contributed by atoms with Crippen molar-refractivity contribution in [2.75, 3.05) is 18.1 Å². The van der Waals surface area contributed by atoms with E-state index in [-0.39, 0.29) is 0 Å². The number of nitrogens with one attached hydrogen (secondary N) is 1. The Bertz CT molecular complexity index is 381. The fourth-order valence-electron chi connectivity index (χ4n) is 2.62. The lowest BCUT2D eigenvalue weighted by Gasteiger charge is -2.34. The molecule has 0 saturated carbocycles. The molecule has 0 amide bonds. The predicted molar refractivity (Wildman–Crippen MR) is 87.1 cm³/mol. The number of aromatic nitrogens is 2. The predicted octanol–water partition coefficient (Wildman–Crippen LogP) is 3.18. The summed E-state index contributed by atoms with van der Waals surface area (Å²) in [5.41, 5.74) is 0. The Morgan fingerprint density at radius 3 is 2.89 bits per heavy atom. The van der Waals surface area contributed by atoms with Crippen molar-refractivity contribution in [3.05, 3.63) is 18.2 Å². The molecule has 1 saturated heterocycles. The highest BCUT2D eigenvalue weighted by Crippen LogP contribution is 2.38. The van der Waals surface area contributed by atoms with Crippen molar-refractivity contribution in [1.29, 1.82) is 0 Å². The lowest BCUT2D eigenvalue weighted by Crippen LogP contribution is -2.39. The minimum absolute atomic E-state index is 0.374. The monoisotopic (exact) mass is 299 g/mol. The van der Waals surface area contributed by atoms with Gasteiger partial charge < -0.3 is 9.88 Å². The average Bonchev–Trinajstić information content (AvgIpc) is 2.86. The van der Waals surface area contributed by atoms with Crippen LogP contribution < -0.4 is 5.32 Å². The highest BCUT2D eigenvalue weighted by atomic mass is 32.2. The molecule has 0 radical (unpaired) electrons. The molecule has 1 aromatic heterocycles. The van der Waals surface area contributed by atoms with Crippen LogP contribution in [0.5, 0.6) is 0 Å². The van der Waals surface area contributed by atoms with Crippen LogP contribution >= 0.6 is 23.5 Å². The van der Waals surface area contributed by atoms with E-state index in [1.165, 1.54) is 17.3 Å². The SMILES string of the molecule is CCCn1ccnc1C(NCC)C1SCCSC1C. The molecule has 0 aromatic carbocycles. The Hall–Kier alpha value is -0.130. The Labute approximate surface area is 125 Å². The first-order valence-electron chi connectivity index (χ1n) is 7.25. The van der Waals surface area contributed by atoms with Gasteiger partial charge in [-0.05, 0) is 13.0 Å². The molecule has 3 unspecified atom stereocenters. The average molecular weight is 300 g/mol. The minimum atomic E-state index is 0.374. The van der Waals surface area contributed by atoms with Gasteiger partial charge in [-0.25, -0.2) is 4.98 Å². The minimum Gasteiger partial charge on any atom is -0.334 e. The van der Waals surface area contributed by atoms with Gasteiger partial charge in [0.15, 0.2) is 0 Å². The van der Waals surface area contributed by atoms with Crippen LogP contribution in [0.15, 0.2) is 12.4 Å². The quantitative estimate of drug-likeness (QED) is 0.874. The number of rotatable bonds is 6. The second-order valence-corrected chi connectivity index (χ2v) is 7.70.